The number of ether oxygens (including phenoxy) is 1. The van der Waals surface area contributed by atoms with Gasteiger partial charge in [-0.05, 0) is 53.8 Å². The number of rotatable bonds is 6. The number of benzene rings is 3. The molecule has 9 heteroatoms. The fraction of sp³-hybridized carbons (Fsp3) is 0.231. The number of para-hydroxylation sites is 1. The maximum absolute atomic E-state index is 14.1. The number of carbonyl (C=O) groups is 2. The second-order valence-corrected chi connectivity index (χ2v) is 9.12. The van der Waals surface area contributed by atoms with Gasteiger partial charge in [-0.1, -0.05) is 26.0 Å². The van der Waals surface area contributed by atoms with E-state index in [0.29, 0.717) is 17.2 Å². The van der Waals surface area contributed by atoms with E-state index in [1.807, 2.05) is 0 Å². The number of hydrogen-bond acceptors (Lipinski definition) is 5. The van der Waals surface area contributed by atoms with Gasteiger partial charge >= 0.3 is 5.97 Å². The summed E-state index contributed by atoms with van der Waals surface area (Å²) in [5.41, 5.74) is -2.93. The van der Waals surface area contributed by atoms with E-state index in [0.717, 1.165) is 18.2 Å². The highest BCUT2D eigenvalue weighted by Gasteiger charge is 2.45. The molecule has 3 aromatic carbocycles. The van der Waals surface area contributed by atoms with Crippen molar-refractivity contribution in [3.05, 3.63) is 94.3 Å². The molecule has 1 atom stereocenters. The number of hydrogen-bond donors (Lipinski definition) is 3. The van der Waals surface area contributed by atoms with E-state index in [1.165, 1.54) is 30.3 Å². The summed E-state index contributed by atoms with van der Waals surface area (Å²) < 4.78 is 47.2. The third-order valence-electron chi connectivity index (χ3n) is 6.07. The van der Waals surface area contributed by atoms with E-state index >= 15 is 0 Å². The molecule has 3 aromatic rings. The summed E-state index contributed by atoms with van der Waals surface area (Å²) in [5.74, 6) is -5.08. The Morgan fingerprint density at radius 1 is 1.06 bits per heavy atom. The monoisotopic (exact) mass is 485 g/mol. The van der Waals surface area contributed by atoms with E-state index in [2.05, 4.69) is 5.32 Å². The molecular formula is C26H22F3NO5. The number of carbonyl (C=O) groups excluding carboxylic acids is 2. The molecule has 0 unspecified atom stereocenters. The van der Waals surface area contributed by atoms with Gasteiger partial charge in [-0.15, -0.1) is 0 Å². The number of nitrogens with one attached hydrogen (secondary N) is 1. The Bertz CT molecular complexity index is 1320. The van der Waals surface area contributed by atoms with Crippen molar-refractivity contribution >= 4 is 17.6 Å². The number of halogens is 3. The lowest BCUT2D eigenvalue weighted by Crippen LogP contribution is -2.45. The van der Waals surface area contributed by atoms with Crippen molar-refractivity contribution in [2.75, 3.05) is 5.32 Å². The van der Waals surface area contributed by atoms with Crippen LogP contribution in [-0.4, -0.2) is 22.1 Å². The highest BCUT2D eigenvalue weighted by molar-refractivity contribution is 5.99. The topological polar surface area (TPSA) is 95.9 Å². The Labute approximate surface area is 199 Å². The van der Waals surface area contributed by atoms with Crippen molar-refractivity contribution in [2.24, 2.45) is 0 Å². The molecule has 0 aromatic heterocycles. The van der Waals surface area contributed by atoms with Crippen molar-refractivity contribution in [3.63, 3.8) is 0 Å². The van der Waals surface area contributed by atoms with E-state index in [4.69, 9.17) is 4.74 Å². The molecule has 1 amide bonds. The van der Waals surface area contributed by atoms with Crippen molar-refractivity contribution in [3.8, 4) is 5.75 Å². The molecule has 0 radical (unpaired) electrons. The van der Waals surface area contributed by atoms with Gasteiger partial charge in [0.05, 0.1) is 5.56 Å². The van der Waals surface area contributed by atoms with Crippen molar-refractivity contribution in [1.29, 1.82) is 0 Å². The molecule has 4 rings (SSSR count). The van der Waals surface area contributed by atoms with E-state index in [9.17, 15) is 33.0 Å². The van der Waals surface area contributed by atoms with Crippen LogP contribution in [0.5, 0.6) is 5.75 Å². The minimum atomic E-state index is -2.50. The summed E-state index contributed by atoms with van der Waals surface area (Å²) in [6.07, 6.45) is -0.474. The number of aliphatic hydroxyl groups is 1. The molecular weight excluding hydrogens is 463 g/mol. The molecule has 6 nitrogen and oxygen atoms in total. The van der Waals surface area contributed by atoms with Crippen LogP contribution in [0.1, 0.15) is 47.3 Å². The summed E-state index contributed by atoms with van der Waals surface area (Å²) in [5, 5.41) is 24.4. The third-order valence-corrected chi connectivity index (χ3v) is 6.07. The molecule has 1 heterocycles. The lowest BCUT2D eigenvalue weighted by atomic mass is 9.72. The zero-order chi connectivity index (χ0) is 25.5. The first kappa shape index (κ1) is 24.3. The van der Waals surface area contributed by atoms with Gasteiger partial charge in [0.1, 0.15) is 18.2 Å². The Balaban J connectivity index is 1.75. The number of phenolic OH excluding ortho intramolecular Hbond substituents is 1. The summed E-state index contributed by atoms with van der Waals surface area (Å²) in [6.45, 7) is 3.12. The first-order valence-electron chi connectivity index (χ1n) is 10.7. The molecule has 0 spiro atoms. The fourth-order valence-corrected chi connectivity index (χ4v) is 4.35. The van der Waals surface area contributed by atoms with Crippen molar-refractivity contribution in [2.45, 2.75) is 37.9 Å². The van der Waals surface area contributed by atoms with Crippen LogP contribution in [0.4, 0.5) is 18.9 Å². The smallest absolute Gasteiger partial charge is 0.338 e. The first-order valence-corrected chi connectivity index (χ1v) is 10.7. The number of aromatic hydroxyl groups is 1. The second-order valence-electron chi connectivity index (χ2n) is 9.12. The summed E-state index contributed by atoms with van der Waals surface area (Å²) in [6, 6.07) is 10.5. The largest absolute Gasteiger partial charge is 0.505 e. The maximum Gasteiger partial charge on any atom is 0.338 e. The van der Waals surface area contributed by atoms with Gasteiger partial charge < -0.3 is 20.3 Å². The predicted molar refractivity (Wildman–Crippen MR) is 120 cm³/mol. The minimum absolute atomic E-state index is 0.0170. The van der Waals surface area contributed by atoms with E-state index in [-0.39, 0.29) is 23.4 Å². The lowest BCUT2D eigenvalue weighted by Gasteiger charge is -2.36. The lowest BCUT2D eigenvalue weighted by molar-refractivity contribution is -0.137. The van der Waals surface area contributed by atoms with Gasteiger partial charge in [-0.3, -0.25) is 4.79 Å². The quantitative estimate of drug-likeness (QED) is 0.441. The number of phenols is 1. The average Bonchev–Trinajstić information content (AvgIpc) is 3.14. The van der Waals surface area contributed by atoms with E-state index in [1.54, 1.807) is 13.8 Å². The molecule has 35 heavy (non-hydrogen) atoms. The highest BCUT2D eigenvalue weighted by atomic mass is 19.1. The number of fused-ring (bicyclic) bond motifs is 1. The molecule has 1 aliphatic heterocycles. The van der Waals surface area contributed by atoms with Gasteiger partial charge in [0, 0.05) is 22.9 Å². The summed E-state index contributed by atoms with van der Waals surface area (Å²) >= 11 is 0. The maximum atomic E-state index is 14.1. The molecule has 0 aliphatic carbocycles. The molecule has 182 valence electrons. The highest BCUT2D eigenvalue weighted by Crippen LogP contribution is 2.42. The Morgan fingerprint density at radius 2 is 1.74 bits per heavy atom. The molecule has 0 saturated heterocycles. The molecule has 0 fully saturated rings. The van der Waals surface area contributed by atoms with Crippen LogP contribution in [0.3, 0.4) is 0 Å². The molecule has 0 bridgehead atoms. The van der Waals surface area contributed by atoms with Crippen LogP contribution < -0.4 is 5.32 Å². The van der Waals surface area contributed by atoms with Crippen LogP contribution in [0.15, 0.2) is 54.6 Å². The molecule has 0 saturated carbocycles. The number of amides is 1. The summed E-state index contributed by atoms with van der Waals surface area (Å²) in [4.78, 5) is 25.1. The third kappa shape index (κ3) is 4.59. The zero-order valence-electron chi connectivity index (χ0n) is 18.9. The van der Waals surface area contributed by atoms with Crippen molar-refractivity contribution in [1.82, 2.24) is 0 Å². The minimum Gasteiger partial charge on any atom is -0.505 e. The standard InChI is InChI=1S/C26H22F3NO5/c1-25(2,20-4-3-5-21(29)22(20)31)13-26(34,15-9-16(27)11-17(28)10-15)24(33)30-18-6-7-19-14(8-18)12-35-23(19)32/h3-11,31,34H,12-13H2,1-2H3,(H,30,33)/t26-/m0/s1. The molecule has 3 N–H and O–H groups in total. The van der Waals surface area contributed by atoms with Crippen LogP contribution >= 0.6 is 0 Å². The first-order chi connectivity index (χ1) is 16.4. The van der Waals surface area contributed by atoms with Crippen LogP contribution in [0.25, 0.3) is 0 Å². The van der Waals surface area contributed by atoms with Gasteiger partial charge in [0.2, 0.25) is 0 Å². The number of anilines is 1. The Kier molecular flexibility index (Phi) is 6.06. The zero-order valence-corrected chi connectivity index (χ0v) is 18.9. The normalized spacial score (nSPS) is 14.7. The van der Waals surface area contributed by atoms with E-state index < -0.39 is 52.5 Å². The number of cyclic esters (lactones) is 1. The predicted octanol–water partition coefficient (Wildman–Crippen LogP) is 4.67. The van der Waals surface area contributed by atoms with Crippen LogP contribution in [0, 0.1) is 17.5 Å². The number of esters is 1. The van der Waals surface area contributed by atoms with Crippen molar-refractivity contribution < 1.29 is 37.7 Å². The Hall–Kier alpha value is -3.85. The van der Waals surface area contributed by atoms with Gasteiger partial charge in [-0.25, -0.2) is 18.0 Å². The second kappa shape index (κ2) is 8.74. The van der Waals surface area contributed by atoms with Crippen LogP contribution in [-0.2, 0) is 27.2 Å². The van der Waals surface area contributed by atoms with Gasteiger partial charge in [0.15, 0.2) is 17.2 Å². The SMILES string of the molecule is CC(C)(C[C@@](O)(C(=O)Nc1ccc2c(c1)COC2=O)c1cc(F)cc(F)c1)c1cccc(F)c1O. The summed E-state index contributed by atoms with van der Waals surface area (Å²) in [7, 11) is 0. The van der Waals surface area contributed by atoms with Crippen LogP contribution in [0.2, 0.25) is 0 Å². The fourth-order valence-electron chi connectivity index (χ4n) is 4.35. The van der Waals surface area contributed by atoms with Gasteiger partial charge in [-0.2, -0.15) is 0 Å². The Morgan fingerprint density at radius 3 is 2.43 bits per heavy atom. The molecule has 1 aliphatic rings. The average molecular weight is 485 g/mol. The van der Waals surface area contributed by atoms with Gasteiger partial charge in [0.25, 0.3) is 5.91 Å².